The van der Waals surface area contributed by atoms with Crippen LogP contribution in [0.25, 0.3) is 0 Å². The van der Waals surface area contributed by atoms with E-state index in [1.165, 1.54) is 5.56 Å². The number of nitrogens with one attached hydrogen (secondary N) is 2. The molecule has 132 valence electrons. The zero-order chi connectivity index (χ0) is 17.1. The highest BCUT2D eigenvalue weighted by Crippen LogP contribution is 2.27. The summed E-state index contributed by atoms with van der Waals surface area (Å²) in [7, 11) is 0. The fraction of sp³-hybridized carbons (Fsp3) is 0.632. The number of hydrazine groups is 1. The minimum atomic E-state index is -0.0828. The first-order valence-electron chi connectivity index (χ1n) is 9.20. The van der Waals surface area contributed by atoms with Crippen LogP contribution in [-0.2, 0) is 4.79 Å². The van der Waals surface area contributed by atoms with Gasteiger partial charge in [-0.2, -0.15) is 0 Å². The Morgan fingerprint density at radius 2 is 2.08 bits per heavy atom. The van der Waals surface area contributed by atoms with Crippen molar-refractivity contribution in [3.63, 3.8) is 0 Å². The van der Waals surface area contributed by atoms with Crippen LogP contribution in [0.15, 0.2) is 30.3 Å². The average Bonchev–Trinajstić information content (AvgIpc) is 3.25. The maximum absolute atomic E-state index is 12.9. The molecule has 5 nitrogen and oxygen atoms in total. The van der Waals surface area contributed by atoms with E-state index in [0.717, 1.165) is 32.5 Å². The summed E-state index contributed by atoms with van der Waals surface area (Å²) in [5.74, 6) is 0.244. The number of likely N-dealkylation sites (N-methyl/N-ethyl adjacent to an activating group) is 1. The lowest BCUT2D eigenvalue weighted by atomic mass is 10.1. The van der Waals surface area contributed by atoms with Crippen molar-refractivity contribution in [1.29, 1.82) is 0 Å². The van der Waals surface area contributed by atoms with Crippen LogP contribution in [0.4, 0.5) is 0 Å². The molecule has 5 heteroatoms. The quantitative estimate of drug-likeness (QED) is 0.866. The van der Waals surface area contributed by atoms with Gasteiger partial charge in [0.1, 0.15) is 6.04 Å². The van der Waals surface area contributed by atoms with E-state index in [0.29, 0.717) is 18.1 Å². The first-order chi connectivity index (χ1) is 11.6. The number of carbonyl (C=O) groups is 1. The van der Waals surface area contributed by atoms with Crippen molar-refractivity contribution in [1.82, 2.24) is 20.7 Å². The summed E-state index contributed by atoms with van der Waals surface area (Å²) in [6.45, 7) is 9.26. The van der Waals surface area contributed by atoms with Crippen molar-refractivity contribution >= 4 is 5.91 Å². The van der Waals surface area contributed by atoms with Crippen LogP contribution in [0, 0.1) is 0 Å². The molecule has 0 spiro atoms. The minimum Gasteiger partial charge on any atom is -0.337 e. The maximum atomic E-state index is 12.9. The van der Waals surface area contributed by atoms with Gasteiger partial charge in [-0.1, -0.05) is 30.3 Å². The lowest BCUT2D eigenvalue weighted by molar-refractivity contribution is -0.135. The highest BCUT2D eigenvalue weighted by atomic mass is 16.2. The van der Waals surface area contributed by atoms with Gasteiger partial charge in [-0.15, -0.1) is 0 Å². The summed E-state index contributed by atoms with van der Waals surface area (Å²) in [6.07, 6.45) is 1.93. The van der Waals surface area contributed by atoms with Crippen molar-refractivity contribution < 1.29 is 4.79 Å². The van der Waals surface area contributed by atoms with E-state index >= 15 is 0 Å². The third kappa shape index (κ3) is 3.63. The van der Waals surface area contributed by atoms with Crippen LogP contribution in [0.1, 0.15) is 45.2 Å². The molecule has 2 heterocycles. The molecule has 0 saturated carbocycles. The summed E-state index contributed by atoms with van der Waals surface area (Å²) in [5, 5.41) is 0. The molecule has 1 aromatic carbocycles. The van der Waals surface area contributed by atoms with Gasteiger partial charge in [0, 0.05) is 37.8 Å². The summed E-state index contributed by atoms with van der Waals surface area (Å²) < 4.78 is 0. The standard InChI is InChI=1S/C19H30N4O/c1-4-23(19(24)18-12-14(2)20-21-18)17-10-11-22(13-17)15(3)16-8-6-5-7-9-16/h5-9,14-15,17-18,20-21H,4,10-13H2,1-3H3. The van der Waals surface area contributed by atoms with Gasteiger partial charge in [0.2, 0.25) is 5.91 Å². The highest BCUT2D eigenvalue weighted by Gasteiger charge is 2.36. The molecule has 4 atom stereocenters. The van der Waals surface area contributed by atoms with Gasteiger partial charge in [-0.3, -0.25) is 15.1 Å². The molecular formula is C19H30N4O. The van der Waals surface area contributed by atoms with E-state index in [4.69, 9.17) is 0 Å². The molecule has 24 heavy (non-hydrogen) atoms. The fourth-order valence-corrected chi connectivity index (χ4v) is 3.99. The predicted octanol–water partition coefficient (Wildman–Crippen LogP) is 1.93. The van der Waals surface area contributed by atoms with Crippen molar-refractivity contribution in [2.75, 3.05) is 19.6 Å². The van der Waals surface area contributed by atoms with Crippen LogP contribution in [0.5, 0.6) is 0 Å². The Hall–Kier alpha value is -1.43. The molecule has 3 rings (SSSR count). The lowest BCUT2D eigenvalue weighted by Gasteiger charge is -2.31. The van der Waals surface area contributed by atoms with E-state index in [1.807, 2.05) is 0 Å². The van der Waals surface area contributed by atoms with E-state index in [1.54, 1.807) is 0 Å². The average molecular weight is 330 g/mol. The topological polar surface area (TPSA) is 47.6 Å². The maximum Gasteiger partial charge on any atom is 0.241 e. The van der Waals surface area contributed by atoms with Crippen molar-refractivity contribution in [2.24, 2.45) is 0 Å². The Bertz CT molecular complexity index is 550. The second kappa shape index (κ2) is 7.64. The SMILES string of the molecule is CCN(C(=O)C1CC(C)NN1)C1CCN(C(C)c2ccccc2)C1. The van der Waals surface area contributed by atoms with Gasteiger partial charge in [-0.05, 0) is 39.2 Å². The Morgan fingerprint density at radius 1 is 1.33 bits per heavy atom. The molecule has 0 radical (unpaired) electrons. The number of benzene rings is 1. The molecule has 0 aromatic heterocycles. The third-order valence-electron chi connectivity index (χ3n) is 5.48. The normalized spacial score (nSPS) is 28.9. The number of amides is 1. The summed E-state index contributed by atoms with van der Waals surface area (Å²) >= 11 is 0. The van der Waals surface area contributed by atoms with Crippen LogP contribution < -0.4 is 10.9 Å². The zero-order valence-electron chi connectivity index (χ0n) is 15.0. The van der Waals surface area contributed by atoms with Gasteiger partial charge in [-0.25, -0.2) is 5.43 Å². The number of nitrogens with zero attached hydrogens (tertiary/aromatic N) is 2. The van der Waals surface area contributed by atoms with E-state index in [9.17, 15) is 4.79 Å². The molecule has 4 unspecified atom stereocenters. The number of carbonyl (C=O) groups excluding carboxylic acids is 1. The molecule has 2 aliphatic heterocycles. The van der Waals surface area contributed by atoms with E-state index < -0.39 is 0 Å². The number of hydrogen-bond donors (Lipinski definition) is 2. The number of likely N-dealkylation sites (tertiary alicyclic amines) is 1. The molecule has 1 amide bonds. The van der Waals surface area contributed by atoms with Gasteiger partial charge in [0.25, 0.3) is 0 Å². The first kappa shape index (κ1) is 17.4. The van der Waals surface area contributed by atoms with Gasteiger partial charge < -0.3 is 4.90 Å². The van der Waals surface area contributed by atoms with Crippen LogP contribution in [0.3, 0.4) is 0 Å². The molecule has 2 saturated heterocycles. The van der Waals surface area contributed by atoms with Crippen molar-refractivity contribution in [3.05, 3.63) is 35.9 Å². The molecular weight excluding hydrogens is 300 g/mol. The summed E-state index contributed by atoms with van der Waals surface area (Å²) in [5.41, 5.74) is 7.66. The molecule has 2 aliphatic rings. The van der Waals surface area contributed by atoms with Gasteiger partial charge >= 0.3 is 0 Å². The Kier molecular flexibility index (Phi) is 5.54. The van der Waals surface area contributed by atoms with Crippen LogP contribution >= 0.6 is 0 Å². The van der Waals surface area contributed by atoms with Crippen LogP contribution in [0.2, 0.25) is 0 Å². The molecule has 0 bridgehead atoms. The highest BCUT2D eigenvalue weighted by molar-refractivity contribution is 5.82. The minimum absolute atomic E-state index is 0.0828. The monoisotopic (exact) mass is 330 g/mol. The van der Waals surface area contributed by atoms with Gasteiger partial charge in [0.05, 0.1) is 0 Å². The lowest BCUT2D eigenvalue weighted by Crippen LogP contribution is -2.50. The van der Waals surface area contributed by atoms with Gasteiger partial charge in [0.15, 0.2) is 0 Å². The molecule has 2 N–H and O–H groups in total. The third-order valence-corrected chi connectivity index (χ3v) is 5.48. The Labute approximate surface area is 145 Å². The zero-order valence-corrected chi connectivity index (χ0v) is 15.0. The smallest absolute Gasteiger partial charge is 0.241 e. The van der Waals surface area contributed by atoms with Crippen molar-refractivity contribution in [3.8, 4) is 0 Å². The summed E-state index contributed by atoms with van der Waals surface area (Å²) in [6, 6.07) is 11.6. The predicted molar refractivity (Wildman–Crippen MR) is 96.4 cm³/mol. The number of rotatable bonds is 5. The summed E-state index contributed by atoms with van der Waals surface area (Å²) in [4.78, 5) is 17.4. The largest absolute Gasteiger partial charge is 0.337 e. The van der Waals surface area contributed by atoms with Crippen molar-refractivity contribution in [2.45, 2.75) is 57.8 Å². The second-order valence-corrected chi connectivity index (χ2v) is 7.13. The van der Waals surface area contributed by atoms with E-state index in [-0.39, 0.29) is 11.9 Å². The Morgan fingerprint density at radius 3 is 2.71 bits per heavy atom. The van der Waals surface area contributed by atoms with E-state index in [2.05, 4.69) is 71.8 Å². The Balaban J connectivity index is 1.62. The molecule has 1 aromatic rings. The van der Waals surface area contributed by atoms with Crippen LogP contribution in [-0.4, -0.2) is 53.5 Å². The molecule has 2 fully saturated rings. The number of hydrogen-bond acceptors (Lipinski definition) is 4. The fourth-order valence-electron chi connectivity index (χ4n) is 3.99. The molecule has 0 aliphatic carbocycles. The first-order valence-corrected chi connectivity index (χ1v) is 9.20. The second-order valence-electron chi connectivity index (χ2n) is 7.13.